The first-order chi connectivity index (χ1) is 10.2. The molecule has 0 atom stereocenters. The maximum Gasteiger partial charge on any atom is 0.143 e. The minimum atomic E-state index is -0.425. The van der Waals surface area contributed by atoms with Gasteiger partial charge in [-0.05, 0) is 31.4 Å². The molecule has 0 unspecified atom stereocenters. The summed E-state index contributed by atoms with van der Waals surface area (Å²) in [4.78, 5) is 6.57. The van der Waals surface area contributed by atoms with Gasteiger partial charge in [0.2, 0.25) is 0 Å². The Labute approximate surface area is 127 Å². The number of benzene rings is 1. The van der Waals surface area contributed by atoms with Crippen molar-refractivity contribution in [1.82, 2.24) is 4.98 Å². The van der Waals surface area contributed by atoms with E-state index in [9.17, 15) is 4.39 Å². The van der Waals surface area contributed by atoms with Crippen LogP contribution in [-0.2, 0) is 4.74 Å². The van der Waals surface area contributed by atoms with Gasteiger partial charge in [0, 0.05) is 36.4 Å². The molecule has 21 heavy (non-hydrogen) atoms. The fourth-order valence-corrected chi connectivity index (χ4v) is 3.49. The fourth-order valence-electron chi connectivity index (χ4n) is 3.33. The fraction of sp³-hybridized carbons (Fsp3) is 0.438. The molecule has 1 saturated heterocycles. The van der Waals surface area contributed by atoms with Crippen molar-refractivity contribution in [3.8, 4) is 0 Å². The second kappa shape index (κ2) is 4.82. The molecule has 1 aliphatic carbocycles. The Kier molecular flexibility index (Phi) is 3.05. The Morgan fingerprint density at radius 3 is 2.95 bits per heavy atom. The maximum atomic E-state index is 13.6. The number of fused-ring (bicyclic) bond motifs is 1. The van der Waals surface area contributed by atoms with Gasteiger partial charge in [0.1, 0.15) is 5.82 Å². The van der Waals surface area contributed by atoms with E-state index in [1.165, 1.54) is 12.5 Å². The highest BCUT2D eigenvalue weighted by atomic mass is 35.5. The zero-order valence-corrected chi connectivity index (χ0v) is 12.4. The summed E-state index contributed by atoms with van der Waals surface area (Å²) in [5.74, 6) is -0.425. The monoisotopic (exact) mass is 306 g/mol. The van der Waals surface area contributed by atoms with Gasteiger partial charge in [-0.15, -0.1) is 0 Å². The molecule has 2 fully saturated rings. The number of aromatic nitrogens is 1. The largest absolute Gasteiger partial charge is 0.371 e. The average Bonchev–Trinajstić information content (AvgIpc) is 2.46. The van der Waals surface area contributed by atoms with E-state index in [-0.39, 0.29) is 10.6 Å². The maximum absolute atomic E-state index is 13.6. The molecule has 0 bridgehead atoms. The lowest BCUT2D eigenvalue weighted by Gasteiger charge is -2.49. The number of nitrogens with zero attached hydrogens (tertiary/aromatic N) is 2. The Bertz CT molecular complexity index is 702. The van der Waals surface area contributed by atoms with Crippen LogP contribution in [0.1, 0.15) is 19.3 Å². The van der Waals surface area contributed by atoms with Crippen molar-refractivity contribution in [3.05, 3.63) is 35.2 Å². The van der Waals surface area contributed by atoms with E-state index in [1.807, 2.05) is 6.07 Å². The van der Waals surface area contributed by atoms with Crippen molar-refractivity contribution in [2.45, 2.75) is 24.9 Å². The van der Waals surface area contributed by atoms with Gasteiger partial charge in [0.25, 0.3) is 0 Å². The molecule has 2 heterocycles. The van der Waals surface area contributed by atoms with Gasteiger partial charge >= 0.3 is 0 Å². The average molecular weight is 307 g/mol. The number of morpholine rings is 1. The molecule has 1 saturated carbocycles. The number of hydrogen-bond donors (Lipinski definition) is 0. The summed E-state index contributed by atoms with van der Waals surface area (Å²) in [5, 5.41) is 1.05. The highest BCUT2D eigenvalue weighted by Crippen LogP contribution is 2.40. The van der Waals surface area contributed by atoms with Gasteiger partial charge in [-0.1, -0.05) is 11.6 Å². The summed E-state index contributed by atoms with van der Waals surface area (Å²) in [6, 6.07) is 5.06. The van der Waals surface area contributed by atoms with E-state index in [0.29, 0.717) is 5.52 Å². The topological polar surface area (TPSA) is 25.4 Å². The number of hydrogen-bond acceptors (Lipinski definition) is 3. The SMILES string of the molecule is Fc1cc2nccc(N3CCOC4(CCC4)C3)c2cc1Cl. The second-order valence-electron chi connectivity index (χ2n) is 5.92. The molecule has 0 radical (unpaired) electrons. The molecule has 3 nitrogen and oxygen atoms in total. The first kappa shape index (κ1) is 13.3. The minimum absolute atomic E-state index is 0.0255. The van der Waals surface area contributed by atoms with Gasteiger partial charge in [0.15, 0.2) is 0 Å². The number of halogens is 2. The highest BCUT2D eigenvalue weighted by Gasteiger charge is 2.42. The summed E-state index contributed by atoms with van der Waals surface area (Å²) in [6.07, 6.45) is 5.22. The number of pyridine rings is 1. The molecule has 0 amide bonds. The lowest BCUT2D eigenvalue weighted by molar-refractivity contribution is -0.106. The van der Waals surface area contributed by atoms with E-state index >= 15 is 0 Å². The molecule has 0 N–H and O–H groups in total. The molecular weight excluding hydrogens is 291 g/mol. The van der Waals surface area contributed by atoms with Crippen molar-refractivity contribution >= 4 is 28.2 Å². The smallest absolute Gasteiger partial charge is 0.143 e. The van der Waals surface area contributed by atoms with E-state index in [2.05, 4.69) is 9.88 Å². The first-order valence-electron chi connectivity index (χ1n) is 7.30. The molecular formula is C16H16ClFN2O. The first-order valence-corrected chi connectivity index (χ1v) is 7.67. The van der Waals surface area contributed by atoms with Crippen LogP contribution in [0.4, 0.5) is 10.1 Å². The lowest BCUT2D eigenvalue weighted by atomic mass is 9.78. The van der Waals surface area contributed by atoms with E-state index < -0.39 is 5.82 Å². The molecule has 110 valence electrons. The molecule has 5 heteroatoms. The normalized spacial score (nSPS) is 20.8. The van der Waals surface area contributed by atoms with Crippen LogP contribution in [-0.4, -0.2) is 30.3 Å². The zero-order chi connectivity index (χ0) is 14.4. The van der Waals surface area contributed by atoms with Crippen LogP contribution in [0.25, 0.3) is 10.9 Å². The minimum Gasteiger partial charge on any atom is -0.371 e. The molecule has 2 aliphatic rings. The van der Waals surface area contributed by atoms with Crippen LogP contribution in [0.2, 0.25) is 5.02 Å². The van der Waals surface area contributed by atoms with Gasteiger partial charge in [-0.3, -0.25) is 4.98 Å². The molecule has 4 rings (SSSR count). The summed E-state index contributed by atoms with van der Waals surface area (Å²) in [6.45, 7) is 2.47. The van der Waals surface area contributed by atoms with Crippen LogP contribution in [0.3, 0.4) is 0 Å². The summed E-state index contributed by atoms with van der Waals surface area (Å²) in [7, 11) is 0. The van der Waals surface area contributed by atoms with Gasteiger partial charge in [0.05, 0.1) is 22.7 Å². The third-order valence-corrected chi connectivity index (χ3v) is 4.90. The van der Waals surface area contributed by atoms with E-state index in [4.69, 9.17) is 16.3 Å². The van der Waals surface area contributed by atoms with Crippen molar-refractivity contribution in [1.29, 1.82) is 0 Å². The summed E-state index contributed by atoms with van der Waals surface area (Å²) < 4.78 is 19.6. The van der Waals surface area contributed by atoms with Crippen LogP contribution in [0.15, 0.2) is 24.4 Å². The Balaban J connectivity index is 1.77. The third kappa shape index (κ3) is 2.17. The van der Waals surface area contributed by atoms with Crippen LogP contribution >= 0.6 is 11.6 Å². The highest BCUT2D eigenvalue weighted by molar-refractivity contribution is 6.31. The Morgan fingerprint density at radius 1 is 1.33 bits per heavy atom. The second-order valence-corrected chi connectivity index (χ2v) is 6.33. The van der Waals surface area contributed by atoms with Crippen molar-refractivity contribution in [2.75, 3.05) is 24.6 Å². The van der Waals surface area contributed by atoms with E-state index in [1.54, 1.807) is 12.3 Å². The number of ether oxygens (including phenoxy) is 1. The third-order valence-electron chi connectivity index (χ3n) is 4.61. The van der Waals surface area contributed by atoms with Gasteiger partial charge < -0.3 is 9.64 Å². The number of rotatable bonds is 1. The molecule has 1 aromatic heterocycles. The van der Waals surface area contributed by atoms with Gasteiger partial charge in [-0.25, -0.2) is 4.39 Å². The quantitative estimate of drug-likeness (QED) is 0.801. The van der Waals surface area contributed by atoms with Gasteiger partial charge in [-0.2, -0.15) is 0 Å². The predicted molar refractivity (Wildman–Crippen MR) is 81.5 cm³/mol. The molecule has 1 aliphatic heterocycles. The number of anilines is 1. The molecule has 2 aromatic rings. The predicted octanol–water partition coefficient (Wildman–Crippen LogP) is 3.79. The molecule has 1 spiro atoms. The zero-order valence-electron chi connectivity index (χ0n) is 11.6. The van der Waals surface area contributed by atoms with Crippen LogP contribution in [0.5, 0.6) is 0 Å². The van der Waals surface area contributed by atoms with Crippen molar-refractivity contribution in [2.24, 2.45) is 0 Å². The van der Waals surface area contributed by atoms with Crippen LogP contribution < -0.4 is 4.90 Å². The van der Waals surface area contributed by atoms with Crippen LogP contribution in [0, 0.1) is 5.82 Å². The van der Waals surface area contributed by atoms with Crippen molar-refractivity contribution < 1.29 is 9.13 Å². The Morgan fingerprint density at radius 2 is 2.19 bits per heavy atom. The standard InChI is InChI=1S/C16H16ClFN2O/c17-12-8-11-14(9-13(12)18)19-5-2-15(11)20-6-7-21-16(10-20)3-1-4-16/h2,5,8-9H,1,3-4,6-7,10H2. The molecule has 1 aromatic carbocycles. The van der Waals surface area contributed by atoms with Crippen molar-refractivity contribution in [3.63, 3.8) is 0 Å². The summed E-state index contributed by atoms with van der Waals surface area (Å²) >= 11 is 5.95. The summed E-state index contributed by atoms with van der Waals surface area (Å²) in [5.41, 5.74) is 1.73. The Hall–Kier alpha value is -1.39. The van der Waals surface area contributed by atoms with E-state index in [0.717, 1.165) is 43.6 Å². The lowest BCUT2D eigenvalue weighted by Crippen LogP contribution is -2.55.